The predicted octanol–water partition coefficient (Wildman–Crippen LogP) is 3.99. The summed E-state index contributed by atoms with van der Waals surface area (Å²) in [4.78, 5) is 1.94. The van der Waals surface area contributed by atoms with Crippen molar-refractivity contribution < 1.29 is 9.84 Å². The molecule has 4 heteroatoms. The van der Waals surface area contributed by atoms with Crippen LogP contribution in [-0.4, -0.2) is 12.2 Å². The molecule has 0 atom stereocenters. The van der Waals surface area contributed by atoms with Crippen molar-refractivity contribution in [3.63, 3.8) is 0 Å². The van der Waals surface area contributed by atoms with Gasteiger partial charge in [-0.05, 0) is 24.3 Å². The number of para-hydroxylation sites is 1. The second kappa shape index (κ2) is 6.14. The largest absolute Gasteiger partial charge is 0.496 e. The van der Waals surface area contributed by atoms with E-state index in [2.05, 4.69) is 0 Å². The van der Waals surface area contributed by atoms with Gasteiger partial charge in [0.05, 0.1) is 18.6 Å². The molecule has 0 radical (unpaired) electrons. The summed E-state index contributed by atoms with van der Waals surface area (Å²) in [7, 11) is 1.64. The van der Waals surface area contributed by atoms with Crippen LogP contribution in [0.1, 0.15) is 5.56 Å². The van der Waals surface area contributed by atoms with Crippen LogP contribution in [0.15, 0.2) is 52.3 Å². The first kappa shape index (κ1) is 13.3. The lowest BCUT2D eigenvalue weighted by atomic mass is 10.2. The number of rotatable bonds is 4. The van der Waals surface area contributed by atoms with Crippen LogP contribution >= 0.6 is 23.4 Å². The van der Waals surface area contributed by atoms with Crippen LogP contribution in [0.25, 0.3) is 0 Å². The Morgan fingerprint density at radius 3 is 2.56 bits per heavy atom. The van der Waals surface area contributed by atoms with Crippen LogP contribution in [0, 0.1) is 0 Å². The van der Waals surface area contributed by atoms with Gasteiger partial charge in [0.25, 0.3) is 0 Å². The molecule has 0 aliphatic carbocycles. The molecule has 2 aromatic rings. The van der Waals surface area contributed by atoms with Gasteiger partial charge in [0.1, 0.15) is 5.75 Å². The van der Waals surface area contributed by atoms with Gasteiger partial charge in [-0.1, -0.05) is 41.6 Å². The minimum Gasteiger partial charge on any atom is -0.496 e. The second-order valence-electron chi connectivity index (χ2n) is 3.63. The zero-order valence-corrected chi connectivity index (χ0v) is 11.5. The summed E-state index contributed by atoms with van der Waals surface area (Å²) in [6, 6.07) is 13.4. The van der Waals surface area contributed by atoms with Crippen LogP contribution in [0.4, 0.5) is 0 Å². The molecule has 94 valence electrons. The molecule has 0 fully saturated rings. The Morgan fingerprint density at radius 2 is 1.83 bits per heavy atom. The van der Waals surface area contributed by atoms with E-state index in [1.807, 2.05) is 36.4 Å². The molecule has 1 N–H and O–H groups in total. The highest BCUT2D eigenvalue weighted by atomic mass is 35.5. The molecule has 0 aliphatic rings. The number of hydrogen-bond donors (Lipinski definition) is 1. The third-order valence-corrected chi connectivity index (χ3v) is 4.04. The average molecular weight is 281 g/mol. The monoisotopic (exact) mass is 280 g/mol. The number of hydrogen-bond acceptors (Lipinski definition) is 3. The van der Waals surface area contributed by atoms with Gasteiger partial charge in [0.15, 0.2) is 0 Å². The molecule has 0 aliphatic heterocycles. The van der Waals surface area contributed by atoms with Crippen molar-refractivity contribution in [3.05, 3.63) is 53.1 Å². The van der Waals surface area contributed by atoms with E-state index in [1.165, 1.54) is 11.8 Å². The molecule has 0 spiro atoms. The van der Waals surface area contributed by atoms with Gasteiger partial charge < -0.3 is 9.84 Å². The molecule has 2 rings (SSSR count). The second-order valence-corrected chi connectivity index (χ2v) is 5.12. The van der Waals surface area contributed by atoms with E-state index in [0.29, 0.717) is 5.02 Å². The van der Waals surface area contributed by atoms with Gasteiger partial charge in [-0.2, -0.15) is 0 Å². The third kappa shape index (κ3) is 2.80. The van der Waals surface area contributed by atoms with Crippen molar-refractivity contribution in [1.29, 1.82) is 0 Å². The first-order valence-corrected chi connectivity index (χ1v) is 6.65. The Bertz CT molecular complexity index is 543. The SMILES string of the molecule is COc1ccccc1Sc1cccc(Cl)c1CO. The third-order valence-electron chi connectivity index (χ3n) is 2.52. The molecule has 0 heterocycles. The number of ether oxygens (including phenoxy) is 1. The minimum atomic E-state index is -0.0723. The summed E-state index contributed by atoms with van der Waals surface area (Å²) in [6.45, 7) is -0.0723. The van der Waals surface area contributed by atoms with Gasteiger partial charge in [-0.3, -0.25) is 0 Å². The summed E-state index contributed by atoms with van der Waals surface area (Å²) in [5.41, 5.74) is 0.745. The molecule has 0 amide bonds. The van der Waals surface area contributed by atoms with E-state index in [9.17, 15) is 5.11 Å². The summed E-state index contributed by atoms with van der Waals surface area (Å²) < 4.78 is 5.30. The zero-order chi connectivity index (χ0) is 13.0. The van der Waals surface area contributed by atoms with Gasteiger partial charge in [0.2, 0.25) is 0 Å². The van der Waals surface area contributed by atoms with Gasteiger partial charge >= 0.3 is 0 Å². The fraction of sp³-hybridized carbons (Fsp3) is 0.143. The normalized spacial score (nSPS) is 10.4. The number of aliphatic hydroxyl groups is 1. The highest BCUT2D eigenvalue weighted by molar-refractivity contribution is 7.99. The van der Waals surface area contributed by atoms with Crippen LogP contribution in [0.3, 0.4) is 0 Å². The minimum absolute atomic E-state index is 0.0723. The lowest BCUT2D eigenvalue weighted by Gasteiger charge is -2.11. The summed E-state index contributed by atoms with van der Waals surface area (Å²) in [5.74, 6) is 0.811. The van der Waals surface area contributed by atoms with Crippen molar-refractivity contribution in [1.82, 2.24) is 0 Å². The van der Waals surface area contributed by atoms with Crippen LogP contribution < -0.4 is 4.74 Å². The topological polar surface area (TPSA) is 29.5 Å². The average Bonchev–Trinajstić information content (AvgIpc) is 2.40. The zero-order valence-electron chi connectivity index (χ0n) is 9.89. The fourth-order valence-corrected chi connectivity index (χ4v) is 2.98. The summed E-state index contributed by atoms with van der Waals surface area (Å²) in [5, 5.41) is 9.96. The van der Waals surface area contributed by atoms with E-state index < -0.39 is 0 Å². The molecule has 0 unspecified atom stereocenters. The quantitative estimate of drug-likeness (QED) is 0.918. The maximum absolute atomic E-state index is 9.37. The van der Waals surface area contributed by atoms with E-state index in [1.54, 1.807) is 13.2 Å². The standard InChI is InChI=1S/C14H13ClO2S/c1-17-12-6-2-3-7-14(12)18-13-8-4-5-11(15)10(13)9-16/h2-8,16H,9H2,1H3. The van der Waals surface area contributed by atoms with Crippen molar-refractivity contribution in [3.8, 4) is 5.75 Å². The van der Waals surface area contributed by atoms with E-state index in [-0.39, 0.29) is 6.61 Å². The first-order chi connectivity index (χ1) is 8.76. The number of benzene rings is 2. The van der Waals surface area contributed by atoms with Crippen molar-refractivity contribution in [2.75, 3.05) is 7.11 Å². The molecule has 0 bridgehead atoms. The van der Waals surface area contributed by atoms with Crippen molar-refractivity contribution >= 4 is 23.4 Å². The Balaban J connectivity index is 2.37. The number of aliphatic hydroxyl groups excluding tert-OH is 1. The maximum atomic E-state index is 9.37. The Hall–Kier alpha value is -1.16. The molecular weight excluding hydrogens is 268 g/mol. The van der Waals surface area contributed by atoms with Gasteiger partial charge in [-0.15, -0.1) is 0 Å². The van der Waals surface area contributed by atoms with Crippen LogP contribution in [0.5, 0.6) is 5.75 Å². The summed E-state index contributed by atoms with van der Waals surface area (Å²) in [6.07, 6.45) is 0. The highest BCUT2D eigenvalue weighted by Crippen LogP contribution is 2.38. The van der Waals surface area contributed by atoms with E-state index in [0.717, 1.165) is 21.1 Å². The van der Waals surface area contributed by atoms with E-state index in [4.69, 9.17) is 16.3 Å². The van der Waals surface area contributed by atoms with E-state index >= 15 is 0 Å². The summed E-state index contributed by atoms with van der Waals surface area (Å²) >= 11 is 7.60. The Kier molecular flexibility index (Phi) is 4.53. The molecule has 2 aromatic carbocycles. The molecule has 0 saturated heterocycles. The Morgan fingerprint density at radius 1 is 1.11 bits per heavy atom. The van der Waals surface area contributed by atoms with Gasteiger partial charge in [-0.25, -0.2) is 0 Å². The highest BCUT2D eigenvalue weighted by Gasteiger charge is 2.10. The molecule has 18 heavy (non-hydrogen) atoms. The van der Waals surface area contributed by atoms with Crippen molar-refractivity contribution in [2.45, 2.75) is 16.4 Å². The number of halogens is 1. The maximum Gasteiger partial charge on any atom is 0.132 e. The smallest absolute Gasteiger partial charge is 0.132 e. The molecular formula is C14H13ClO2S. The lowest BCUT2D eigenvalue weighted by Crippen LogP contribution is -1.90. The van der Waals surface area contributed by atoms with Crippen molar-refractivity contribution in [2.24, 2.45) is 0 Å². The molecule has 0 saturated carbocycles. The molecule has 0 aromatic heterocycles. The molecule has 2 nitrogen and oxygen atoms in total. The Labute approximate surface area is 116 Å². The van der Waals surface area contributed by atoms with Crippen LogP contribution in [-0.2, 0) is 6.61 Å². The lowest BCUT2D eigenvalue weighted by molar-refractivity contribution is 0.279. The predicted molar refractivity (Wildman–Crippen MR) is 74.5 cm³/mol. The number of methoxy groups -OCH3 is 1. The fourth-order valence-electron chi connectivity index (χ4n) is 1.61. The van der Waals surface area contributed by atoms with Gasteiger partial charge in [0, 0.05) is 15.5 Å². The van der Waals surface area contributed by atoms with Crippen LogP contribution in [0.2, 0.25) is 5.02 Å². The first-order valence-electron chi connectivity index (χ1n) is 5.45.